The molecule has 6 heteroatoms. The summed E-state index contributed by atoms with van der Waals surface area (Å²) in [5.74, 6) is -0.856. The molecule has 0 aliphatic rings. The zero-order valence-corrected chi connectivity index (χ0v) is 48.7. The van der Waals surface area contributed by atoms with Crippen LogP contribution in [0, 0.1) is 0 Å². The second-order valence-corrected chi connectivity index (χ2v) is 22.0. The maximum Gasteiger partial charge on any atom is 0.306 e. The first kappa shape index (κ1) is 69.9. The molecule has 6 nitrogen and oxygen atoms in total. The Morgan fingerprint density at radius 1 is 0.278 bits per heavy atom. The van der Waals surface area contributed by atoms with Gasteiger partial charge in [-0.3, -0.25) is 14.4 Å². The first-order chi connectivity index (χ1) is 35.5. The molecule has 0 heterocycles. The lowest BCUT2D eigenvalue weighted by Gasteiger charge is -2.18. The molecule has 0 amide bonds. The predicted molar refractivity (Wildman–Crippen MR) is 312 cm³/mol. The van der Waals surface area contributed by atoms with E-state index >= 15 is 0 Å². The van der Waals surface area contributed by atoms with Gasteiger partial charge in [0.1, 0.15) is 13.2 Å². The van der Waals surface area contributed by atoms with Crippen LogP contribution in [-0.2, 0) is 28.6 Å². The molecule has 0 bridgehead atoms. The van der Waals surface area contributed by atoms with Crippen molar-refractivity contribution in [3.05, 3.63) is 24.3 Å². The van der Waals surface area contributed by atoms with E-state index in [4.69, 9.17) is 14.2 Å². The van der Waals surface area contributed by atoms with Crippen LogP contribution in [0.5, 0.6) is 0 Å². The van der Waals surface area contributed by atoms with E-state index in [1.807, 2.05) is 0 Å². The number of carbonyl (C=O) groups is 3. The van der Waals surface area contributed by atoms with Gasteiger partial charge in [-0.15, -0.1) is 0 Å². The van der Waals surface area contributed by atoms with Crippen molar-refractivity contribution in [1.82, 2.24) is 0 Å². The first-order valence-corrected chi connectivity index (χ1v) is 32.3. The molecule has 1 unspecified atom stereocenters. The van der Waals surface area contributed by atoms with Gasteiger partial charge in [0, 0.05) is 19.3 Å². The van der Waals surface area contributed by atoms with Gasteiger partial charge >= 0.3 is 17.9 Å². The molecule has 0 spiro atoms. The van der Waals surface area contributed by atoms with Gasteiger partial charge in [-0.25, -0.2) is 0 Å². The quantitative estimate of drug-likeness (QED) is 0.0261. The smallest absolute Gasteiger partial charge is 0.306 e. The molecular weight excluding hydrogens is 889 g/mol. The standard InChI is InChI=1S/C66H124O6/c1-4-7-10-13-16-18-20-22-24-26-28-29-30-31-32-33-34-35-36-38-39-41-43-45-47-50-53-56-59-65(68)71-62-63(61-70-64(67)58-55-52-49-15-12-9-6-3)72-66(69)60-57-54-51-48-46-44-42-40-37-27-25-23-21-19-17-14-11-8-5-2/h17,19,23,25,63H,4-16,18,20-22,24,26-62H2,1-3H3/b19-17-,25-23-. The summed E-state index contributed by atoms with van der Waals surface area (Å²) in [7, 11) is 0. The van der Waals surface area contributed by atoms with E-state index in [0.29, 0.717) is 19.3 Å². The Kier molecular flexibility index (Phi) is 59.6. The molecule has 0 fully saturated rings. The van der Waals surface area contributed by atoms with E-state index in [9.17, 15) is 14.4 Å². The second kappa shape index (κ2) is 61.4. The van der Waals surface area contributed by atoms with E-state index in [1.165, 1.54) is 257 Å². The van der Waals surface area contributed by atoms with Crippen LogP contribution in [-0.4, -0.2) is 37.2 Å². The van der Waals surface area contributed by atoms with E-state index in [1.54, 1.807) is 0 Å². The summed E-state index contributed by atoms with van der Waals surface area (Å²) in [5.41, 5.74) is 0. The molecule has 0 aromatic carbocycles. The molecule has 0 aliphatic heterocycles. The highest BCUT2D eigenvalue weighted by Gasteiger charge is 2.19. The fourth-order valence-electron chi connectivity index (χ4n) is 9.83. The normalized spacial score (nSPS) is 12.1. The highest BCUT2D eigenvalue weighted by Crippen LogP contribution is 2.18. The summed E-state index contributed by atoms with van der Waals surface area (Å²) < 4.78 is 16.8. The van der Waals surface area contributed by atoms with Crippen LogP contribution < -0.4 is 0 Å². The lowest BCUT2D eigenvalue weighted by Crippen LogP contribution is -2.30. The minimum absolute atomic E-state index is 0.0678. The lowest BCUT2D eigenvalue weighted by atomic mass is 10.0. The molecule has 0 saturated heterocycles. The minimum atomic E-state index is -0.768. The monoisotopic (exact) mass is 1010 g/mol. The van der Waals surface area contributed by atoms with Crippen LogP contribution in [0.2, 0.25) is 0 Å². The topological polar surface area (TPSA) is 78.9 Å². The third kappa shape index (κ3) is 58.8. The van der Waals surface area contributed by atoms with Gasteiger partial charge in [0.05, 0.1) is 0 Å². The number of esters is 3. The minimum Gasteiger partial charge on any atom is -0.462 e. The summed E-state index contributed by atoms with van der Waals surface area (Å²) in [4.78, 5) is 38.0. The maximum atomic E-state index is 12.8. The molecule has 0 N–H and O–H groups in total. The third-order valence-corrected chi connectivity index (χ3v) is 14.7. The Hall–Kier alpha value is -2.11. The van der Waals surface area contributed by atoms with Gasteiger partial charge in [-0.05, 0) is 51.4 Å². The summed E-state index contributed by atoms with van der Waals surface area (Å²) in [6.07, 6.45) is 73.7. The maximum absolute atomic E-state index is 12.8. The van der Waals surface area contributed by atoms with Crippen molar-refractivity contribution in [1.29, 1.82) is 0 Å². The Labute approximate surface area is 449 Å². The van der Waals surface area contributed by atoms with E-state index in [-0.39, 0.29) is 31.1 Å². The fraction of sp³-hybridized carbons (Fsp3) is 0.894. The van der Waals surface area contributed by atoms with Gasteiger partial charge in [-0.1, -0.05) is 315 Å². The van der Waals surface area contributed by atoms with Gasteiger partial charge in [0.25, 0.3) is 0 Å². The van der Waals surface area contributed by atoms with Crippen molar-refractivity contribution in [2.75, 3.05) is 13.2 Å². The van der Waals surface area contributed by atoms with Crippen LogP contribution in [0.1, 0.15) is 361 Å². The van der Waals surface area contributed by atoms with E-state index < -0.39 is 6.10 Å². The largest absolute Gasteiger partial charge is 0.462 e. The number of ether oxygens (including phenoxy) is 3. The van der Waals surface area contributed by atoms with E-state index in [2.05, 4.69) is 45.1 Å². The Balaban J connectivity index is 4.03. The highest BCUT2D eigenvalue weighted by molar-refractivity contribution is 5.71. The molecule has 0 radical (unpaired) electrons. The van der Waals surface area contributed by atoms with E-state index in [0.717, 1.165) is 64.2 Å². The molecule has 0 rings (SSSR count). The molecule has 1 atom stereocenters. The number of hydrogen-bond donors (Lipinski definition) is 0. The number of allylic oxidation sites excluding steroid dienone is 4. The molecule has 0 saturated carbocycles. The molecule has 0 aromatic heterocycles. The van der Waals surface area contributed by atoms with Gasteiger partial charge in [-0.2, -0.15) is 0 Å². The average molecular weight is 1010 g/mol. The highest BCUT2D eigenvalue weighted by atomic mass is 16.6. The number of rotatable bonds is 60. The molecule has 72 heavy (non-hydrogen) atoms. The van der Waals surface area contributed by atoms with Crippen molar-refractivity contribution < 1.29 is 28.6 Å². The fourth-order valence-corrected chi connectivity index (χ4v) is 9.83. The molecule has 0 aromatic rings. The van der Waals surface area contributed by atoms with Gasteiger partial charge < -0.3 is 14.2 Å². The lowest BCUT2D eigenvalue weighted by molar-refractivity contribution is -0.167. The van der Waals surface area contributed by atoms with Gasteiger partial charge in [0.2, 0.25) is 0 Å². The summed E-state index contributed by atoms with van der Waals surface area (Å²) >= 11 is 0. The predicted octanol–water partition coefficient (Wildman–Crippen LogP) is 21.8. The Bertz CT molecular complexity index is 1160. The van der Waals surface area contributed by atoms with Crippen molar-refractivity contribution in [3.63, 3.8) is 0 Å². The number of carbonyl (C=O) groups excluding carboxylic acids is 3. The molecule has 424 valence electrons. The van der Waals surface area contributed by atoms with Crippen molar-refractivity contribution in [2.45, 2.75) is 367 Å². The Morgan fingerprint density at radius 2 is 0.500 bits per heavy atom. The summed E-state index contributed by atoms with van der Waals surface area (Å²) in [6, 6.07) is 0. The Morgan fingerprint density at radius 3 is 0.792 bits per heavy atom. The van der Waals surface area contributed by atoms with Crippen molar-refractivity contribution in [3.8, 4) is 0 Å². The SMILES string of the molecule is CCCCC/C=C\C/C=C\CCCCCCCCCCCC(=O)OC(COC(=O)CCCCCCCCC)COC(=O)CCCCCCCCCCCCCCCCCCCCCCCCCCCCCC. The van der Waals surface area contributed by atoms with Crippen LogP contribution in [0.25, 0.3) is 0 Å². The van der Waals surface area contributed by atoms with Gasteiger partial charge in [0.15, 0.2) is 6.10 Å². The average Bonchev–Trinajstić information content (AvgIpc) is 3.38. The van der Waals surface area contributed by atoms with Crippen molar-refractivity contribution >= 4 is 17.9 Å². The van der Waals surface area contributed by atoms with Crippen LogP contribution >= 0.6 is 0 Å². The summed E-state index contributed by atoms with van der Waals surface area (Å²) in [6.45, 7) is 6.63. The van der Waals surface area contributed by atoms with Crippen molar-refractivity contribution in [2.24, 2.45) is 0 Å². The number of hydrogen-bond acceptors (Lipinski definition) is 6. The van der Waals surface area contributed by atoms with Crippen LogP contribution in [0.4, 0.5) is 0 Å². The van der Waals surface area contributed by atoms with Crippen LogP contribution in [0.3, 0.4) is 0 Å². The van der Waals surface area contributed by atoms with Crippen LogP contribution in [0.15, 0.2) is 24.3 Å². The zero-order valence-electron chi connectivity index (χ0n) is 48.7. The zero-order chi connectivity index (χ0) is 52.2. The first-order valence-electron chi connectivity index (χ1n) is 32.3. The third-order valence-electron chi connectivity index (χ3n) is 14.7. The number of unbranched alkanes of at least 4 members (excludes halogenated alkanes) is 45. The second-order valence-electron chi connectivity index (χ2n) is 22.0. The summed E-state index contributed by atoms with van der Waals surface area (Å²) in [5, 5.41) is 0. The molecule has 0 aliphatic carbocycles. The molecular formula is C66H124O6.